The number of benzene rings is 1. The molecule has 1 N–H and O–H groups in total. The highest BCUT2D eigenvalue weighted by Gasteiger charge is 2.19. The van der Waals surface area contributed by atoms with E-state index in [-0.39, 0.29) is 0 Å². The number of aryl methyl sites for hydroxylation is 1. The van der Waals surface area contributed by atoms with Crippen LogP contribution in [0.3, 0.4) is 0 Å². The lowest BCUT2D eigenvalue weighted by Gasteiger charge is -2.01. The molecule has 3 nitrogen and oxygen atoms in total. The molecular formula is C12H12ClNO2. The third-order valence-corrected chi connectivity index (χ3v) is 3.07. The highest BCUT2D eigenvalue weighted by Crippen LogP contribution is 2.28. The monoisotopic (exact) mass is 237 g/mol. The smallest absolute Gasteiger partial charge is 0.338 e. The van der Waals surface area contributed by atoms with Crippen LogP contribution >= 0.6 is 11.6 Å². The Labute approximate surface area is 98.3 Å². The summed E-state index contributed by atoms with van der Waals surface area (Å²) in [6.45, 7) is 1.95. The van der Waals surface area contributed by atoms with Crippen molar-refractivity contribution in [3.05, 3.63) is 34.5 Å². The fraction of sp³-hybridized carbons (Fsp3) is 0.250. The van der Waals surface area contributed by atoms with Gasteiger partial charge in [0.25, 0.3) is 0 Å². The Bertz CT molecular complexity index is 572. The van der Waals surface area contributed by atoms with Crippen molar-refractivity contribution in [2.24, 2.45) is 7.05 Å². The quantitative estimate of drug-likeness (QED) is 0.872. The van der Waals surface area contributed by atoms with Crippen LogP contribution in [0.15, 0.2) is 18.2 Å². The van der Waals surface area contributed by atoms with Gasteiger partial charge in [-0.1, -0.05) is 24.6 Å². The maximum absolute atomic E-state index is 11.2. The van der Waals surface area contributed by atoms with Gasteiger partial charge in [-0.15, -0.1) is 0 Å². The summed E-state index contributed by atoms with van der Waals surface area (Å²) in [6.07, 6.45) is 0.685. The van der Waals surface area contributed by atoms with Gasteiger partial charge in [0.2, 0.25) is 0 Å². The van der Waals surface area contributed by atoms with Gasteiger partial charge >= 0.3 is 5.97 Å². The predicted molar refractivity (Wildman–Crippen MR) is 64.3 cm³/mol. The van der Waals surface area contributed by atoms with Crippen molar-refractivity contribution in [3.8, 4) is 0 Å². The molecule has 0 fully saturated rings. The van der Waals surface area contributed by atoms with E-state index in [1.165, 1.54) is 0 Å². The number of fused-ring (bicyclic) bond motifs is 1. The topological polar surface area (TPSA) is 42.2 Å². The van der Waals surface area contributed by atoms with E-state index >= 15 is 0 Å². The number of rotatable bonds is 2. The molecular weight excluding hydrogens is 226 g/mol. The average molecular weight is 238 g/mol. The SMILES string of the molecule is CCc1c(C(=O)O)c2ccc(Cl)cc2n1C. The maximum atomic E-state index is 11.2. The maximum Gasteiger partial charge on any atom is 0.338 e. The molecule has 2 rings (SSSR count). The summed E-state index contributed by atoms with van der Waals surface area (Å²) in [4.78, 5) is 11.2. The van der Waals surface area contributed by atoms with Gasteiger partial charge in [0.15, 0.2) is 0 Å². The Kier molecular flexibility index (Phi) is 2.64. The molecule has 0 saturated carbocycles. The zero-order chi connectivity index (χ0) is 11.9. The first kappa shape index (κ1) is 11.0. The van der Waals surface area contributed by atoms with Crippen molar-refractivity contribution < 1.29 is 9.90 Å². The summed E-state index contributed by atoms with van der Waals surface area (Å²) in [5.74, 6) is -0.884. The van der Waals surface area contributed by atoms with Crippen molar-refractivity contribution in [2.45, 2.75) is 13.3 Å². The minimum Gasteiger partial charge on any atom is -0.478 e. The van der Waals surface area contributed by atoms with E-state index in [2.05, 4.69) is 0 Å². The first-order valence-corrected chi connectivity index (χ1v) is 5.44. The lowest BCUT2D eigenvalue weighted by molar-refractivity contribution is 0.0697. The molecule has 0 amide bonds. The molecule has 1 aromatic heterocycles. The van der Waals surface area contributed by atoms with Crippen LogP contribution in [0, 0.1) is 0 Å². The summed E-state index contributed by atoms with van der Waals surface area (Å²) >= 11 is 5.91. The summed E-state index contributed by atoms with van der Waals surface area (Å²) in [5.41, 5.74) is 2.07. The second kappa shape index (κ2) is 3.83. The number of hydrogen-bond donors (Lipinski definition) is 1. The average Bonchev–Trinajstić information content (AvgIpc) is 2.51. The van der Waals surface area contributed by atoms with E-state index in [1.54, 1.807) is 18.2 Å². The normalized spacial score (nSPS) is 10.9. The Morgan fingerprint density at radius 3 is 2.75 bits per heavy atom. The summed E-state index contributed by atoms with van der Waals surface area (Å²) in [6, 6.07) is 5.28. The number of aromatic carboxylic acids is 1. The second-order valence-electron chi connectivity index (χ2n) is 3.70. The summed E-state index contributed by atoms with van der Waals surface area (Å²) in [7, 11) is 1.87. The van der Waals surface area contributed by atoms with Crippen LogP contribution < -0.4 is 0 Å². The van der Waals surface area contributed by atoms with Crippen LogP contribution in [-0.2, 0) is 13.5 Å². The van der Waals surface area contributed by atoms with Crippen LogP contribution in [0.4, 0.5) is 0 Å². The lowest BCUT2D eigenvalue weighted by Crippen LogP contribution is -2.02. The molecule has 16 heavy (non-hydrogen) atoms. The molecule has 0 spiro atoms. The molecule has 4 heteroatoms. The molecule has 0 unspecified atom stereocenters. The van der Waals surface area contributed by atoms with Gasteiger partial charge in [-0.05, 0) is 18.6 Å². The number of nitrogens with zero attached hydrogens (tertiary/aromatic N) is 1. The van der Waals surface area contributed by atoms with Crippen molar-refractivity contribution in [3.63, 3.8) is 0 Å². The van der Waals surface area contributed by atoms with Gasteiger partial charge in [-0.3, -0.25) is 0 Å². The highest BCUT2D eigenvalue weighted by atomic mass is 35.5. The first-order chi connectivity index (χ1) is 7.56. The van der Waals surface area contributed by atoms with E-state index in [9.17, 15) is 9.90 Å². The number of carboxylic acids is 1. The zero-order valence-corrected chi connectivity index (χ0v) is 9.88. The van der Waals surface area contributed by atoms with Crippen molar-refractivity contribution in [1.29, 1.82) is 0 Å². The van der Waals surface area contributed by atoms with E-state index in [0.717, 1.165) is 16.6 Å². The molecule has 0 atom stereocenters. The third kappa shape index (κ3) is 1.48. The van der Waals surface area contributed by atoms with Crippen molar-refractivity contribution >= 4 is 28.5 Å². The molecule has 0 aliphatic carbocycles. The van der Waals surface area contributed by atoms with Gasteiger partial charge in [0, 0.05) is 23.2 Å². The van der Waals surface area contributed by atoms with E-state index in [0.29, 0.717) is 17.0 Å². The van der Waals surface area contributed by atoms with Crippen molar-refractivity contribution in [2.75, 3.05) is 0 Å². The molecule has 2 aromatic rings. The standard InChI is InChI=1S/C12H12ClNO2/c1-3-9-11(12(15)16)8-5-4-7(13)6-10(8)14(9)2/h4-6H,3H2,1-2H3,(H,15,16). The fourth-order valence-corrected chi connectivity index (χ4v) is 2.28. The third-order valence-electron chi connectivity index (χ3n) is 2.83. The highest BCUT2D eigenvalue weighted by molar-refractivity contribution is 6.31. The largest absolute Gasteiger partial charge is 0.478 e. The van der Waals surface area contributed by atoms with Gasteiger partial charge < -0.3 is 9.67 Å². The number of aromatic nitrogens is 1. The summed E-state index contributed by atoms with van der Waals surface area (Å²) < 4.78 is 1.89. The molecule has 84 valence electrons. The first-order valence-electron chi connectivity index (χ1n) is 5.06. The van der Waals surface area contributed by atoms with E-state index in [4.69, 9.17) is 11.6 Å². The van der Waals surface area contributed by atoms with Crippen LogP contribution in [0.25, 0.3) is 10.9 Å². The Morgan fingerprint density at radius 2 is 2.19 bits per heavy atom. The van der Waals surface area contributed by atoms with E-state index < -0.39 is 5.97 Å². The second-order valence-corrected chi connectivity index (χ2v) is 4.14. The van der Waals surface area contributed by atoms with E-state index in [1.807, 2.05) is 18.5 Å². The predicted octanol–water partition coefficient (Wildman–Crippen LogP) is 3.09. The Morgan fingerprint density at radius 1 is 1.50 bits per heavy atom. The van der Waals surface area contributed by atoms with Crippen molar-refractivity contribution in [1.82, 2.24) is 4.57 Å². The minimum absolute atomic E-state index is 0.386. The molecule has 1 aromatic carbocycles. The number of hydrogen-bond acceptors (Lipinski definition) is 1. The molecule has 1 heterocycles. The molecule has 0 aliphatic rings. The Hall–Kier alpha value is -1.48. The molecule has 0 bridgehead atoms. The lowest BCUT2D eigenvalue weighted by atomic mass is 10.1. The van der Waals surface area contributed by atoms with Gasteiger partial charge in [0.05, 0.1) is 11.1 Å². The van der Waals surface area contributed by atoms with Gasteiger partial charge in [0.1, 0.15) is 0 Å². The molecule has 0 saturated heterocycles. The Balaban J connectivity index is 2.91. The minimum atomic E-state index is -0.884. The number of carboxylic acid groups (broad SMARTS) is 1. The zero-order valence-electron chi connectivity index (χ0n) is 9.12. The number of carbonyl (C=O) groups is 1. The van der Waals surface area contributed by atoms with Crippen LogP contribution in [0.1, 0.15) is 23.0 Å². The van der Waals surface area contributed by atoms with Crippen LogP contribution in [0.5, 0.6) is 0 Å². The number of halogens is 1. The fourth-order valence-electron chi connectivity index (χ4n) is 2.11. The van der Waals surface area contributed by atoms with Crippen LogP contribution in [-0.4, -0.2) is 15.6 Å². The summed E-state index contributed by atoms with van der Waals surface area (Å²) in [5, 5.41) is 10.6. The molecule has 0 aliphatic heterocycles. The van der Waals surface area contributed by atoms with Crippen LogP contribution in [0.2, 0.25) is 5.02 Å². The van der Waals surface area contributed by atoms with Gasteiger partial charge in [-0.2, -0.15) is 0 Å². The molecule has 0 radical (unpaired) electrons. The van der Waals surface area contributed by atoms with Gasteiger partial charge in [-0.25, -0.2) is 4.79 Å².